The van der Waals surface area contributed by atoms with Gasteiger partial charge in [0, 0.05) is 39.3 Å². The number of anilines is 1. The van der Waals surface area contributed by atoms with Crippen molar-refractivity contribution in [3.8, 4) is 11.3 Å². The molecule has 3 aromatic rings. The average Bonchev–Trinajstić information content (AvgIpc) is 3.04. The number of rotatable bonds is 5. The van der Waals surface area contributed by atoms with Gasteiger partial charge in [0.1, 0.15) is 0 Å². The fourth-order valence-corrected chi connectivity index (χ4v) is 3.64. The molecule has 1 aromatic heterocycles. The number of nitrogens with zero attached hydrogens (tertiary/aromatic N) is 1. The second-order valence-corrected chi connectivity index (χ2v) is 7.57. The van der Waals surface area contributed by atoms with Crippen LogP contribution in [-0.2, 0) is 16.6 Å². The van der Waals surface area contributed by atoms with Gasteiger partial charge in [-0.3, -0.25) is 14.3 Å². The third kappa shape index (κ3) is 4.15. The highest BCUT2D eigenvalue weighted by Crippen LogP contribution is 2.25. The molecular weight excluding hydrogens is 340 g/mol. The Bertz CT molecular complexity index is 875. The fourth-order valence-electron chi connectivity index (χ4n) is 2.28. The Morgan fingerprint density at radius 3 is 2.71 bits per heavy atom. The molecule has 0 aliphatic heterocycles. The second kappa shape index (κ2) is 7.51. The molecule has 1 unspecified atom stereocenters. The number of hydrogen-bond donors (Lipinski definition) is 1. The lowest BCUT2D eigenvalue weighted by Gasteiger charge is -2.04. The molecule has 0 spiro atoms. The van der Waals surface area contributed by atoms with Gasteiger partial charge in [0.05, 0.1) is 5.69 Å². The van der Waals surface area contributed by atoms with E-state index < -0.39 is 10.8 Å². The van der Waals surface area contributed by atoms with E-state index in [9.17, 15) is 9.00 Å². The van der Waals surface area contributed by atoms with Crippen molar-refractivity contribution < 1.29 is 9.00 Å². The number of hydrogen-bond acceptors (Lipinski definition) is 4. The lowest BCUT2D eigenvalue weighted by Crippen LogP contribution is -2.12. The van der Waals surface area contributed by atoms with Crippen molar-refractivity contribution in [3.63, 3.8) is 0 Å². The number of carbonyl (C=O) groups excluding carboxylic acids is 1. The first-order chi connectivity index (χ1) is 11.6. The summed E-state index contributed by atoms with van der Waals surface area (Å²) >= 11 is 1.39. The first-order valence-electron chi connectivity index (χ1n) is 7.33. The molecule has 1 N–H and O–H groups in total. The highest BCUT2D eigenvalue weighted by Gasteiger charge is 2.10. The maximum absolute atomic E-state index is 12.4. The SMILES string of the molecule is CS(=O)Cc1cccc(C(=O)Nc2nc(-c3ccccc3)cs2)c1. The first kappa shape index (κ1) is 16.5. The Morgan fingerprint density at radius 1 is 1.17 bits per heavy atom. The molecule has 24 heavy (non-hydrogen) atoms. The molecular formula is C18H16N2O2S2. The lowest BCUT2D eigenvalue weighted by atomic mass is 10.1. The molecule has 1 atom stereocenters. The van der Waals surface area contributed by atoms with Gasteiger partial charge in [-0.25, -0.2) is 4.98 Å². The number of thiazole rings is 1. The summed E-state index contributed by atoms with van der Waals surface area (Å²) in [5.41, 5.74) is 3.27. The molecule has 0 fully saturated rings. The molecule has 4 nitrogen and oxygen atoms in total. The third-order valence-electron chi connectivity index (χ3n) is 3.35. The van der Waals surface area contributed by atoms with Crippen molar-refractivity contribution in [1.29, 1.82) is 0 Å². The van der Waals surface area contributed by atoms with Gasteiger partial charge in [-0.2, -0.15) is 0 Å². The molecule has 1 amide bonds. The Kier molecular flexibility index (Phi) is 5.17. The van der Waals surface area contributed by atoms with E-state index >= 15 is 0 Å². The molecule has 0 aliphatic rings. The number of benzene rings is 2. The van der Waals surface area contributed by atoms with Gasteiger partial charge in [0.2, 0.25) is 0 Å². The van der Waals surface area contributed by atoms with E-state index in [1.807, 2.05) is 41.8 Å². The molecule has 3 rings (SSSR count). The molecule has 0 saturated carbocycles. The predicted molar refractivity (Wildman–Crippen MR) is 99.7 cm³/mol. The van der Waals surface area contributed by atoms with Crippen molar-refractivity contribution in [2.45, 2.75) is 5.75 Å². The number of nitrogens with one attached hydrogen (secondary N) is 1. The highest BCUT2D eigenvalue weighted by molar-refractivity contribution is 7.83. The quantitative estimate of drug-likeness (QED) is 0.753. The Labute approximate surface area is 147 Å². The summed E-state index contributed by atoms with van der Waals surface area (Å²) in [6, 6.07) is 17.0. The van der Waals surface area contributed by atoms with Crippen molar-refractivity contribution in [2.75, 3.05) is 11.6 Å². The van der Waals surface area contributed by atoms with Crippen LogP contribution in [-0.4, -0.2) is 21.4 Å². The topological polar surface area (TPSA) is 59.1 Å². The van der Waals surface area contributed by atoms with Crippen molar-refractivity contribution >= 4 is 33.2 Å². The summed E-state index contributed by atoms with van der Waals surface area (Å²) in [4.78, 5) is 16.8. The lowest BCUT2D eigenvalue weighted by molar-refractivity contribution is 0.102. The average molecular weight is 356 g/mol. The second-order valence-electron chi connectivity index (χ2n) is 5.28. The van der Waals surface area contributed by atoms with Crippen LogP contribution in [0.2, 0.25) is 0 Å². The first-order valence-corrected chi connectivity index (χ1v) is 9.94. The van der Waals surface area contributed by atoms with E-state index in [2.05, 4.69) is 10.3 Å². The largest absolute Gasteiger partial charge is 0.298 e. The van der Waals surface area contributed by atoms with E-state index in [4.69, 9.17) is 0 Å². The smallest absolute Gasteiger partial charge is 0.257 e. The van der Waals surface area contributed by atoms with Crippen LogP contribution in [0.3, 0.4) is 0 Å². The molecule has 0 saturated heterocycles. The van der Waals surface area contributed by atoms with E-state index in [-0.39, 0.29) is 5.91 Å². The fraction of sp³-hybridized carbons (Fsp3) is 0.111. The van der Waals surface area contributed by atoms with Gasteiger partial charge in [0.25, 0.3) is 5.91 Å². The van der Waals surface area contributed by atoms with Crippen LogP contribution in [0.4, 0.5) is 5.13 Å². The van der Waals surface area contributed by atoms with Crippen LogP contribution in [0, 0.1) is 0 Å². The predicted octanol–water partition coefficient (Wildman–Crippen LogP) is 3.94. The maximum atomic E-state index is 12.4. The summed E-state index contributed by atoms with van der Waals surface area (Å²) in [5, 5.41) is 5.30. The van der Waals surface area contributed by atoms with Gasteiger partial charge in [-0.15, -0.1) is 11.3 Å². The minimum absolute atomic E-state index is 0.215. The summed E-state index contributed by atoms with van der Waals surface area (Å²) in [5.74, 6) is 0.226. The van der Waals surface area contributed by atoms with Gasteiger partial charge >= 0.3 is 0 Å². The van der Waals surface area contributed by atoms with E-state index in [0.717, 1.165) is 16.8 Å². The molecule has 1 heterocycles. The highest BCUT2D eigenvalue weighted by atomic mass is 32.2. The summed E-state index contributed by atoms with van der Waals surface area (Å²) in [6.07, 6.45) is 1.65. The molecule has 0 aliphatic carbocycles. The third-order valence-corrected chi connectivity index (χ3v) is 4.85. The number of amides is 1. The minimum Gasteiger partial charge on any atom is -0.298 e. The van der Waals surface area contributed by atoms with Gasteiger partial charge in [-0.05, 0) is 17.7 Å². The molecule has 6 heteroatoms. The van der Waals surface area contributed by atoms with Crippen LogP contribution in [0.25, 0.3) is 11.3 Å². The van der Waals surface area contributed by atoms with Crippen molar-refractivity contribution in [1.82, 2.24) is 4.98 Å². The molecule has 0 bridgehead atoms. The van der Waals surface area contributed by atoms with Crippen LogP contribution in [0.5, 0.6) is 0 Å². The van der Waals surface area contributed by atoms with Crippen LogP contribution >= 0.6 is 11.3 Å². The summed E-state index contributed by atoms with van der Waals surface area (Å²) in [7, 11) is -0.936. The summed E-state index contributed by atoms with van der Waals surface area (Å²) in [6.45, 7) is 0. The standard InChI is InChI=1S/C18H16N2O2S2/c1-24(22)12-13-6-5-9-15(10-13)17(21)20-18-19-16(11-23-18)14-7-3-2-4-8-14/h2-11H,12H2,1H3,(H,19,20,21). The Hall–Kier alpha value is -2.31. The van der Waals surface area contributed by atoms with E-state index in [1.165, 1.54) is 11.3 Å². The number of carbonyl (C=O) groups is 1. The Balaban J connectivity index is 1.73. The van der Waals surface area contributed by atoms with Crippen LogP contribution < -0.4 is 5.32 Å². The summed E-state index contributed by atoms with van der Waals surface area (Å²) < 4.78 is 11.3. The van der Waals surface area contributed by atoms with Gasteiger partial charge in [0.15, 0.2) is 5.13 Å². The normalized spacial score (nSPS) is 11.9. The zero-order valence-corrected chi connectivity index (χ0v) is 14.7. The van der Waals surface area contributed by atoms with Gasteiger partial charge < -0.3 is 0 Å². The number of aromatic nitrogens is 1. The molecule has 0 radical (unpaired) electrons. The van der Waals surface area contributed by atoms with E-state index in [1.54, 1.807) is 24.5 Å². The molecule has 122 valence electrons. The van der Waals surface area contributed by atoms with Gasteiger partial charge in [-0.1, -0.05) is 42.5 Å². The minimum atomic E-state index is -0.936. The van der Waals surface area contributed by atoms with Crippen molar-refractivity contribution in [2.24, 2.45) is 0 Å². The van der Waals surface area contributed by atoms with E-state index in [0.29, 0.717) is 16.4 Å². The zero-order valence-electron chi connectivity index (χ0n) is 13.1. The molecule has 2 aromatic carbocycles. The zero-order chi connectivity index (χ0) is 16.9. The monoisotopic (exact) mass is 356 g/mol. The Morgan fingerprint density at radius 2 is 1.96 bits per heavy atom. The van der Waals surface area contributed by atoms with Crippen molar-refractivity contribution in [3.05, 3.63) is 71.1 Å². The van der Waals surface area contributed by atoms with Crippen LogP contribution in [0.1, 0.15) is 15.9 Å². The maximum Gasteiger partial charge on any atom is 0.257 e. The van der Waals surface area contributed by atoms with Crippen LogP contribution in [0.15, 0.2) is 60.0 Å².